The van der Waals surface area contributed by atoms with Crippen molar-refractivity contribution in [1.29, 1.82) is 0 Å². The van der Waals surface area contributed by atoms with Crippen LogP contribution in [0.3, 0.4) is 0 Å². The predicted octanol–water partition coefficient (Wildman–Crippen LogP) is 0.947. The molecule has 0 spiro atoms. The van der Waals surface area contributed by atoms with Gasteiger partial charge in [0.05, 0.1) is 6.61 Å². The lowest BCUT2D eigenvalue weighted by atomic mass is 10.1. The molecule has 1 atom stereocenters. The van der Waals surface area contributed by atoms with Gasteiger partial charge in [-0.15, -0.1) is 6.58 Å². The second kappa shape index (κ2) is 6.27. The molecule has 0 fully saturated rings. The number of amides is 1. The van der Waals surface area contributed by atoms with Crippen LogP contribution in [0.1, 0.15) is 27.2 Å². The van der Waals surface area contributed by atoms with E-state index in [4.69, 9.17) is 9.84 Å². The Balaban J connectivity index is 4.14. The average Bonchev–Trinajstić information content (AvgIpc) is 2.17. The molecule has 0 aromatic rings. The molecule has 0 rings (SSSR count). The lowest BCUT2D eigenvalue weighted by Crippen LogP contribution is -2.52. The van der Waals surface area contributed by atoms with Crippen LogP contribution in [0.2, 0.25) is 0 Å². The highest BCUT2D eigenvalue weighted by Crippen LogP contribution is 2.03. The average molecular weight is 229 g/mol. The number of nitrogens with one attached hydrogen (secondary N) is 1. The Morgan fingerprint density at radius 1 is 1.56 bits per heavy atom. The van der Waals surface area contributed by atoms with Gasteiger partial charge in [-0.25, -0.2) is 4.79 Å². The van der Waals surface area contributed by atoms with E-state index in [1.54, 1.807) is 13.0 Å². The summed E-state index contributed by atoms with van der Waals surface area (Å²) in [4.78, 5) is 22.3. The Labute approximate surface area is 95.5 Å². The Hall–Kier alpha value is -1.36. The van der Waals surface area contributed by atoms with E-state index in [2.05, 4.69) is 11.9 Å². The van der Waals surface area contributed by atoms with Crippen LogP contribution in [0.25, 0.3) is 0 Å². The van der Waals surface area contributed by atoms with E-state index in [-0.39, 0.29) is 0 Å². The second-order valence-corrected chi connectivity index (χ2v) is 4.01. The number of aliphatic carboxylic acids is 1. The van der Waals surface area contributed by atoms with Crippen molar-refractivity contribution in [3.8, 4) is 0 Å². The molecule has 1 amide bonds. The standard InChI is InChI=1S/C11H19NO4/c1-5-6-7-16-8(2)9(13)12-11(3,4)10(14)15/h5,8H,1,6-7H2,2-4H3,(H,12,13)(H,14,15). The number of carbonyl (C=O) groups is 2. The van der Waals surface area contributed by atoms with Crippen molar-refractivity contribution < 1.29 is 19.4 Å². The second-order valence-electron chi connectivity index (χ2n) is 4.01. The van der Waals surface area contributed by atoms with Crippen LogP contribution in [0.15, 0.2) is 12.7 Å². The number of ether oxygens (including phenoxy) is 1. The van der Waals surface area contributed by atoms with Crippen molar-refractivity contribution in [2.75, 3.05) is 6.61 Å². The van der Waals surface area contributed by atoms with Gasteiger partial charge in [0.1, 0.15) is 11.6 Å². The summed E-state index contributed by atoms with van der Waals surface area (Å²) in [5.41, 5.74) is -1.28. The molecule has 0 heterocycles. The smallest absolute Gasteiger partial charge is 0.328 e. The van der Waals surface area contributed by atoms with Gasteiger partial charge in [0.25, 0.3) is 0 Å². The van der Waals surface area contributed by atoms with Crippen molar-refractivity contribution in [2.24, 2.45) is 0 Å². The Morgan fingerprint density at radius 2 is 2.12 bits per heavy atom. The van der Waals surface area contributed by atoms with Crippen molar-refractivity contribution in [1.82, 2.24) is 5.32 Å². The molecule has 0 bridgehead atoms. The quantitative estimate of drug-likeness (QED) is 0.503. The van der Waals surface area contributed by atoms with Gasteiger partial charge in [0.15, 0.2) is 0 Å². The summed E-state index contributed by atoms with van der Waals surface area (Å²) in [6.45, 7) is 8.34. The van der Waals surface area contributed by atoms with Gasteiger partial charge in [-0.05, 0) is 27.2 Å². The first-order valence-electron chi connectivity index (χ1n) is 5.09. The molecule has 0 saturated carbocycles. The molecular weight excluding hydrogens is 210 g/mol. The lowest BCUT2D eigenvalue weighted by Gasteiger charge is -2.23. The molecule has 0 aromatic heterocycles. The highest BCUT2D eigenvalue weighted by atomic mass is 16.5. The highest BCUT2D eigenvalue weighted by Gasteiger charge is 2.30. The molecular formula is C11H19NO4. The minimum atomic E-state index is -1.28. The minimum Gasteiger partial charge on any atom is -0.480 e. The van der Waals surface area contributed by atoms with Crippen LogP contribution in [0.5, 0.6) is 0 Å². The first-order valence-corrected chi connectivity index (χ1v) is 5.09. The molecule has 1 unspecified atom stereocenters. The van der Waals surface area contributed by atoms with Crippen LogP contribution in [-0.4, -0.2) is 35.2 Å². The third-order valence-corrected chi connectivity index (χ3v) is 2.03. The van der Waals surface area contributed by atoms with Crippen LogP contribution in [0, 0.1) is 0 Å². The number of hydrogen-bond acceptors (Lipinski definition) is 3. The topological polar surface area (TPSA) is 75.6 Å². The van der Waals surface area contributed by atoms with Crippen molar-refractivity contribution >= 4 is 11.9 Å². The number of rotatable bonds is 7. The SMILES string of the molecule is C=CCCOC(C)C(=O)NC(C)(C)C(=O)O. The van der Waals surface area contributed by atoms with Crippen LogP contribution in [0.4, 0.5) is 0 Å². The fraction of sp³-hybridized carbons (Fsp3) is 0.636. The summed E-state index contributed by atoms with van der Waals surface area (Å²) in [7, 11) is 0. The summed E-state index contributed by atoms with van der Waals surface area (Å²) in [5.74, 6) is -1.52. The van der Waals surface area contributed by atoms with Crippen molar-refractivity contribution in [2.45, 2.75) is 38.8 Å². The predicted molar refractivity (Wildman–Crippen MR) is 60.1 cm³/mol. The Bertz CT molecular complexity index is 273. The summed E-state index contributed by atoms with van der Waals surface area (Å²) >= 11 is 0. The zero-order chi connectivity index (χ0) is 12.8. The van der Waals surface area contributed by atoms with Gasteiger partial charge in [0, 0.05) is 0 Å². The van der Waals surface area contributed by atoms with E-state index >= 15 is 0 Å². The Morgan fingerprint density at radius 3 is 2.56 bits per heavy atom. The fourth-order valence-electron chi connectivity index (χ4n) is 0.867. The molecule has 0 aromatic carbocycles. The number of hydrogen-bond donors (Lipinski definition) is 2. The summed E-state index contributed by atoms with van der Waals surface area (Å²) in [5, 5.41) is 11.2. The number of carbonyl (C=O) groups excluding carboxylic acids is 1. The first kappa shape index (κ1) is 14.6. The van der Waals surface area contributed by atoms with Crippen molar-refractivity contribution in [3.05, 3.63) is 12.7 Å². The van der Waals surface area contributed by atoms with E-state index in [1.165, 1.54) is 13.8 Å². The molecule has 92 valence electrons. The van der Waals surface area contributed by atoms with Gasteiger partial charge < -0.3 is 15.2 Å². The highest BCUT2D eigenvalue weighted by molar-refractivity contribution is 5.88. The summed E-state index contributed by atoms with van der Waals surface area (Å²) < 4.78 is 5.19. The molecule has 0 saturated heterocycles. The molecule has 5 nitrogen and oxygen atoms in total. The van der Waals surface area contributed by atoms with Crippen LogP contribution in [-0.2, 0) is 14.3 Å². The lowest BCUT2D eigenvalue weighted by molar-refractivity contribution is -0.148. The fourth-order valence-corrected chi connectivity index (χ4v) is 0.867. The van der Waals surface area contributed by atoms with E-state index in [0.717, 1.165) is 0 Å². The third kappa shape index (κ3) is 4.93. The van der Waals surface area contributed by atoms with Gasteiger partial charge in [-0.1, -0.05) is 6.08 Å². The van der Waals surface area contributed by atoms with E-state index in [0.29, 0.717) is 13.0 Å². The number of carboxylic acids is 1. The van der Waals surface area contributed by atoms with Crippen LogP contribution >= 0.6 is 0 Å². The van der Waals surface area contributed by atoms with E-state index in [1.807, 2.05) is 0 Å². The molecule has 0 aliphatic heterocycles. The molecule has 2 N–H and O–H groups in total. The molecule has 0 aliphatic rings. The van der Waals surface area contributed by atoms with Gasteiger partial charge in [0.2, 0.25) is 5.91 Å². The van der Waals surface area contributed by atoms with Crippen molar-refractivity contribution in [3.63, 3.8) is 0 Å². The van der Waals surface area contributed by atoms with Gasteiger partial charge >= 0.3 is 5.97 Å². The Kier molecular flexibility index (Phi) is 5.74. The zero-order valence-corrected chi connectivity index (χ0v) is 9.95. The number of carboxylic acid groups (broad SMARTS) is 1. The molecule has 0 radical (unpaired) electrons. The third-order valence-electron chi connectivity index (χ3n) is 2.03. The summed E-state index contributed by atoms with van der Waals surface area (Å²) in [6.07, 6.45) is 1.67. The normalized spacial score (nSPS) is 12.9. The summed E-state index contributed by atoms with van der Waals surface area (Å²) in [6, 6.07) is 0. The maximum absolute atomic E-state index is 11.5. The van der Waals surface area contributed by atoms with Gasteiger partial charge in [-0.2, -0.15) is 0 Å². The maximum Gasteiger partial charge on any atom is 0.328 e. The first-order chi connectivity index (χ1) is 7.31. The molecule has 0 aliphatic carbocycles. The zero-order valence-electron chi connectivity index (χ0n) is 9.95. The van der Waals surface area contributed by atoms with E-state index < -0.39 is 23.5 Å². The monoisotopic (exact) mass is 229 g/mol. The minimum absolute atomic E-state index is 0.394. The largest absolute Gasteiger partial charge is 0.480 e. The van der Waals surface area contributed by atoms with Gasteiger partial charge in [-0.3, -0.25) is 4.79 Å². The van der Waals surface area contributed by atoms with Crippen LogP contribution < -0.4 is 5.32 Å². The molecule has 16 heavy (non-hydrogen) atoms. The van der Waals surface area contributed by atoms with E-state index in [9.17, 15) is 9.59 Å². The molecule has 5 heteroatoms. The maximum atomic E-state index is 11.5.